The minimum Gasteiger partial charge on any atom is -0.244 e. The summed E-state index contributed by atoms with van der Waals surface area (Å²) in [5.74, 6) is 0. The first kappa shape index (κ1) is 9.89. The minimum atomic E-state index is 0.489. The molecule has 0 spiro atoms. The molecule has 2 rings (SSSR count). The molecule has 0 aliphatic carbocycles. The molecule has 0 aromatic carbocycles. The smallest absolute Gasteiger partial charge is 0.174 e. The topological polar surface area (TPSA) is 38.7 Å². The largest absolute Gasteiger partial charge is 0.244 e. The summed E-state index contributed by atoms with van der Waals surface area (Å²) in [6.45, 7) is 0. The van der Waals surface area contributed by atoms with Crippen LogP contribution in [0.15, 0.2) is 22.7 Å². The Morgan fingerprint density at radius 1 is 1.36 bits per heavy atom. The van der Waals surface area contributed by atoms with Crippen molar-refractivity contribution < 1.29 is 0 Å². The first-order valence-corrected chi connectivity index (χ1v) is 6.21. The summed E-state index contributed by atoms with van der Waals surface area (Å²) in [5, 5.41) is 9.42. The molecular weight excluding hydrogens is 238 g/mol. The Morgan fingerprint density at radius 2 is 2.21 bits per heavy atom. The SMILES string of the molecule is CSc1nnc(-c2ccc(Cl)nc2)s1. The van der Waals surface area contributed by atoms with E-state index in [0.29, 0.717) is 5.15 Å². The minimum absolute atomic E-state index is 0.489. The van der Waals surface area contributed by atoms with Crippen molar-refractivity contribution in [1.29, 1.82) is 0 Å². The Balaban J connectivity index is 2.34. The van der Waals surface area contributed by atoms with Gasteiger partial charge in [-0.1, -0.05) is 34.7 Å². The molecule has 0 aliphatic heterocycles. The highest BCUT2D eigenvalue weighted by Gasteiger charge is 2.05. The van der Waals surface area contributed by atoms with Gasteiger partial charge in [0.1, 0.15) is 10.2 Å². The molecule has 3 nitrogen and oxygen atoms in total. The molecule has 0 unspecified atom stereocenters. The van der Waals surface area contributed by atoms with E-state index >= 15 is 0 Å². The van der Waals surface area contributed by atoms with Crippen LogP contribution in [-0.2, 0) is 0 Å². The predicted molar refractivity (Wildman–Crippen MR) is 59.9 cm³/mol. The highest BCUT2D eigenvalue weighted by atomic mass is 35.5. The third-order valence-corrected chi connectivity index (χ3v) is 3.73. The summed E-state index contributed by atoms with van der Waals surface area (Å²) in [6.07, 6.45) is 3.68. The van der Waals surface area contributed by atoms with Crippen LogP contribution in [-0.4, -0.2) is 21.4 Å². The molecule has 0 aliphatic rings. The molecule has 0 bridgehead atoms. The normalized spacial score (nSPS) is 10.4. The number of aromatic nitrogens is 3. The van der Waals surface area contributed by atoms with Crippen LogP contribution in [0, 0.1) is 0 Å². The molecule has 2 aromatic rings. The van der Waals surface area contributed by atoms with Gasteiger partial charge in [0.15, 0.2) is 4.34 Å². The lowest BCUT2D eigenvalue weighted by Crippen LogP contribution is -1.79. The maximum Gasteiger partial charge on any atom is 0.174 e. The molecule has 2 heterocycles. The summed E-state index contributed by atoms with van der Waals surface area (Å²) in [6, 6.07) is 3.64. The number of thioether (sulfide) groups is 1. The van der Waals surface area contributed by atoms with Crippen molar-refractivity contribution in [3.05, 3.63) is 23.5 Å². The van der Waals surface area contributed by atoms with Gasteiger partial charge in [-0.3, -0.25) is 0 Å². The molecule has 2 aromatic heterocycles. The predicted octanol–water partition coefficient (Wildman–Crippen LogP) is 2.98. The molecule has 72 valence electrons. The van der Waals surface area contributed by atoms with Crippen molar-refractivity contribution in [2.75, 3.05) is 6.26 Å². The van der Waals surface area contributed by atoms with Crippen LogP contribution in [0.3, 0.4) is 0 Å². The molecule has 0 fully saturated rings. The summed E-state index contributed by atoms with van der Waals surface area (Å²) in [5.41, 5.74) is 0.951. The van der Waals surface area contributed by atoms with Gasteiger partial charge in [0.05, 0.1) is 0 Å². The molecule has 0 atom stereocenters. The number of halogens is 1. The van der Waals surface area contributed by atoms with E-state index in [9.17, 15) is 0 Å². The van der Waals surface area contributed by atoms with Gasteiger partial charge in [-0.25, -0.2) is 4.98 Å². The van der Waals surface area contributed by atoms with E-state index in [0.717, 1.165) is 14.9 Å². The van der Waals surface area contributed by atoms with Gasteiger partial charge in [-0.2, -0.15) is 0 Å². The second-order valence-corrected chi connectivity index (χ2v) is 4.86. The Hall–Kier alpha value is -0.650. The van der Waals surface area contributed by atoms with Crippen molar-refractivity contribution in [3.63, 3.8) is 0 Å². The highest BCUT2D eigenvalue weighted by molar-refractivity contribution is 8.00. The molecule has 0 saturated heterocycles. The monoisotopic (exact) mass is 243 g/mol. The second kappa shape index (κ2) is 4.25. The standard InChI is InChI=1S/C8H6ClN3S2/c1-13-8-12-11-7(14-8)5-2-3-6(9)10-4-5/h2-4H,1H3. The lowest BCUT2D eigenvalue weighted by molar-refractivity contribution is 1.02. The van der Waals surface area contributed by atoms with Crippen LogP contribution >= 0.6 is 34.7 Å². The van der Waals surface area contributed by atoms with Crippen LogP contribution in [0.1, 0.15) is 0 Å². The van der Waals surface area contributed by atoms with Crippen LogP contribution < -0.4 is 0 Å². The third-order valence-electron chi connectivity index (χ3n) is 1.56. The lowest BCUT2D eigenvalue weighted by atomic mass is 10.3. The summed E-state index contributed by atoms with van der Waals surface area (Å²) >= 11 is 8.82. The van der Waals surface area contributed by atoms with Crippen LogP contribution in [0.4, 0.5) is 0 Å². The van der Waals surface area contributed by atoms with E-state index < -0.39 is 0 Å². The summed E-state index contributed by atoms with van der Waals surface area (Å²) in [7, 11) is 0. The van der Waals surface area contributed by atoms with Gasteiger partial charge in [0, 0.05) is 11.8 Å². The first-order valence-electron chi connectivity index (χ1n) is 3.79. The van der Waals surface area contributed by atoms with Gasteiger partial charge in [-0.15, -0.1) is 10.2 Å². The van der Waals surface area contributed by atoms with E-state index in [2.05, 4.69) is 15.2 Å². The fraction of sp³-hybridized carbons (Fsp3) is 0.125. The van der Waals surface area contributed by atoms with Gasteiger partial charge < -0.3 is 0 Å². The Bertz CT molecular complexity index is 426. The lowest BCUT2D eigenvalue weighted by Gasteiger charge is -1.92. The van der Waals surface area contributed by atoms with Gasteiger partial charge in [0.25, 0.3) is 0 Å². The molecule has 0 radical (unpaired) electrons. The average Bonchev–Trinajstić information content (AvgIpc) is 2.67. The van der Waals surface area contributed by atoms with Crippen molar-refractivity contribution in [3.8, 4) is 10.6 Å². The van der Waals surface area contributed by atoms with Crippen molar-refractivity contribution >= 4 is 34.7 Å². The zero-order chi connectivity index (χ0) is 9.97. The molecule has 0 N–H and O–H groups in total. The molecular formula is C8H6ClN3S2. The van der Waals surface area contributed by atoms with Gasteiger partial charge >= 0.3 is 0 Å². The van der Waals surface area contributed by atoms with Gasteiger partial charge in [-0.05, 0) is 18.4 Å². The molecule has 0 amide bonds. The summed E-state index contributed by atoms with van der Waals surface area (Å²) < 4.78 is 0.954. The average molecular weight is 244 g/mol. The van der Waals surface area contributed by atoms with E-state index in [1.54, 1.807) is 35.4 Å². The third kappa shape index (κ3) is 2.05. The quantitative estimate of drug-likeness (QED) is 0.601. The van der Waals surface area contributed by atoms with E-state index in [1.165, 1.54) is 0 Å². The van der Waals surface area contributed by atoms with E-state index in [4.69, 9.17) is 11.6 Å². The number of hydrogen-bond donors (Lipinski definition) is 0. The Morgan fingerprint density at radius 3 is 2.79 bits per heavy atom. The van der Waals surface area contributed by atoms with Crippen LogP contribution in [0.5, 0.6) is 0 Å². The maximum atomic E-state index is 5.68. The number of pyridine rings is 1. The molecule has 0 saturated carbocycles. The fourth-order valence-corrected chi connectivity index (χ4v) is 2.28. The summed E-state index contributed by atoms with van der Waals surface area (Å²) in [4.78, 5) is 3.99. The second-order valence-electron chi connectivity index (χ2n) is 2.45. The van der Waals surface area contributed by atoms with E-state index in [1.807, 2.05) is 12.3 Å². The van der Waals surface area contributed by atoms with Gasteiger partial charge in [0.2, 0.25) is 0 Å². The highest BCUT2D eigenvalue weighted by Crippen LogP contribution is 2.27. The maximum absolute atomic E-state index is 5.68. The number of rotatable bonds is 2. The number of nitrogens with zero attached hydrogens (tertiary/aromatic N) is 3. The van der Waals surface area contributed by atoms with Crippen LogP contribution in [0.25, 0.3) is 10.6 Å². The zero-order valence-corrected chi connectivity index (χ0v) is 9.66. The Labute approximate surface area is 94.5 Å². The van der Waals surface area contributed by atoms with Crippen molar-refractivity contribution in [2.24, 2.45) is 0 Å². The van der Waals surface area contributed by atoms with Crippen molar-refractivity contribution in [2.45, 2.75) is 4.34 Å². The zero-order valence-electron chi connectivity index (χ0n) is 7.27. The van der Waals surface area contributed by atoms with Crippen molar-refractivity contribution in [1.82, 2.24) is 15.2 Å². The number of hydrogen-bond acceptors (Lipinski definition) is 5. The van der Waals surface area contributed by atoms with E-state index in [-0.39, 0.29) is 0 Å². The first-order chi connectivity index (χ1) is 6.79. The molecule has 14 heavy (non-hydrogen) atoms. The van der Waals surface area contributed by atoms with Crippen LogP contribution in [0.2, 0.25) is 5.15 Å². The fourth-order valence-electron chi connectivity index (χ4n) is 0.911. The Kier molecular flexibility index (Phi) is 3.00. The molecule has 6 heteroatoms.